The Labute approximate surface area is 78.4 Å². The average Bonchev–Trinajstić information content (AvgIpc) is 2.70. The number of hydrogen-bond donors (Lipinski definition) is 1. The first-order valence-electron chi connectivity index (χ1n) is 4.77. The van der Waals surface area contributed by atoms with Gasteiger partial charge in [-0.2, -0.15) is 5.10 Å². The minimum atomic E-state index is 0.526. The molecular weight excluding hydrogens is 162 g/mol. The van der Waals surface area contributed by atoms with Gasteiger partial charge in [-0.15, -0.1) is 6.58 Å². The van der Waals surface area contributed by atoms with Crippen LogP contribution in [0.1, 0.15) is 24.4 Å². The first-order valence-corrected chi connectivity index (χ1v) is 4.77. The molecule has 1 atom stereocenters. The quantitative estimate of drug-likeness (QED) is 0.709. The highest BCUT2D eigenvalue weighted by atomic mass is 15.3. The summed E-state index contributed by atoms with van der Waals surface area (Å²) in [6.07, 6.45) is 8.42. The summed E-state index contributed by atoms with van der Waals surface area (Å²) in [6.45, 7) is 5.62. The van der Waals surface area contributed by atoms with Crippen molar-refractivity contribution in [3.05, 3.63) is 30.6 Å². The maximum Gasteiger partial charge on any atom is 0.0587 e. The molecule has 0 bridgehead atoms. The van der Waals surface area contributed by atoms with Gasteiger partial charge in [0.15, 0.2) is 0 Å². The molecule has 0 aromatic carbocycles. The minimum absolute atomic E-state index is 0.526. The maximum absolute atomic E-state index is 4.26. The lowest BCUT2D eigenvalue weighted by atomic mass is 10.1. The number of allylic oxidation sites excluding steroid dienone is 1. The van der Waals surface area contributed by atoms with Crippen LogP contribution in [-0.2, 0) is 6.54 Å². The van der Waals surface area contributed by atoms with E-state index in [2.05, 4.69) is 23.2 Å². The van der Waals surface area contributed by atoms with Crippen LogP contribution in [0.15, 0.2) is 25.0 Å². The number of rotatable bonds is 3. The molecule has 1 unspecified atom stereocenters. The zero-order valence-electron chi connectivity index (χ0n) is 7.74. The highest BCUT2D eigenvalue weighted by Gasteiger charge is 2.17. The molecule has 2 heterocycles. The van der Waals surface area contributed by atoms with E-state index in [1.54, 1.807) is 0 Å². The van der Waals surface area contributed by atoms with Crippen molar-refractivity contribution < 1.29 is 0 Å². The van der Waals surface area contributed by atoms with Crippen LogP contribution in [0.5, 0.6) is 0 Å². The van der Waals surface area contributed by atoms with E-state index in [9.17, 15) is 0 Å². The van der Waals surface area contributed by atoms with Crippen LogP contribution in [-0.4, -0.2) is 16.3 Å². The van der Waals surface area contributed by atoms with Gasteiger partial charge >= 0.3 is 0 Å². The zero-order chi connectivity index (χ0) is 9.10. The summed E-state index contributed by atoms with van der Waals surface area (Å²) in [5.74, 6) is 0. The first kappa shape index (κ1) is 8.51. The molecule has 1 aliphatic heterocycles. The lowest BCUT2D eigenvalue weighted by Gasteiger charge is -2.05. The predicted molar refractivity (Wildman–Crippen MR) is 52.4 cm³/mol. The molecule has 1 aliphatic rings. The zero-order valence-corrected chi connectivity index (χ0v) is 7.74. The van der Waals surface area contributed by atoms with Gasteiger partial charge < -0.3 is 5.32 Å². The molecule has 1 fully saturated rings. The molecule has 0 aliphatic carbocycles. The third-order valence-electron chi connectivity index (χ3n) is 2.43. The molecule has 1 aromatic rings. The molecule has 13 heavy (non-hydrogen) atoms. The highest BCUT2D eigenvalue weighted by molar-refractivity contribution is 5.11. The number of nitrogens with one attached hydrogen (secondary N) is 1. The molecule has 0 amide bonds. The van der Waals surface area contributed by atoms with Crippen molar-refractivity contribution in [3.8, 4) is 0 Å². The third kappa shape index (κ3) is 1.80. The van der Waals surface area contributed by atoms with Crippen LogP contribution in [0, 0.1) is 0 Å². The summed E-state index contributed by atoms with van der Waals surface area (Å²) in [5, 5.41) is 7.71. The number of hydrogen-bond acceptors (Lipinski definition) is 2. The van der Waals surface area contributed by atoms with Gasteiger partial charge in [0, 0.05) is 17.8 Å². The lowest BCUT2D eigenvalue weighted by molar-refractivity contribution is 0.644. The number of nitrogens with zero attached hydrogens (tertiary/aromatic N) is 2. The number of aromatic nitrogens is 2. The van der Waals surface area contributed by atoms with Crippen molar-refractivity contribution in [2.45, 2.75) is 25.4 Å². The van der Waals surface area contributed by atoms with Gasteiger partial charge in [0.2, 0.25) is 0 Å². The lowest BCUT2D eigenvalue weighted by Crippen LogP contribution is -2.12. The highest BCUT2D eigenvalue weighted by Crippen LogP contribution is 2.21. The Bertz CT molecular complexity index is 284. The van der Waals surface area contributed by atoms with Gasteiger partial charge in [-0.1, -0.05) is 6.08 Å². The summed E-state index contributed by atoms with van der Waals surface area (Å²) in [7, 11) is 0. The second-order valence-corrected chi connectivity index (χ2v) is 3.43. The monoisotopic (exact) mass is 177 g/mol. The van der Waals surface area contributed by atoms with E-state index < -0.39 is 0 Å². The normalized spacial score (nSPS) is 22.0. The molecule has 1 saturated heterocycles. The maximum atomic E-state index is 4.26. The van der Waals surface area contributed by atoms with E-state index in [0.717, 1.165) is 13.1 Å². The summed E-state index contributed by atoms with van der Waals surface area (Å²) in [4.78, 5) is 0. The van der Waals surface area contributed by atoms with Gasteiger partial charge in [-0.25, -0.2) is 0 Å². The van der Waals surface area contributed by atoms with E-state index in [-0.39, 0.29) is 0 Å². The Hall–Kier alpha value is -1.09. The first-order chi connectivity index (χ1) is 6.40. The van der Waals surface area contributed by atoms with Crippen molar-refractivity contribution in [3.63, 3.8) is 0 Å². The minimum Gasteiger partial charge on any atom is -0.310 e. The Kier molecular flexibility index (Phi) is 2.45. The van der Waals surface area contributed by atoms with Crippen molar-refractivity contribution >= 4 is 0 Å². The van der Waals surface area contributed by atoms with Crippen molar-refractivity contribution in [2.24, 2.45) is 0 Å². The Morgan fingerprint density at radius 3 is 3.38 bits per heavy atom. The van der Waals surface area contributed by atoms with Crippen LogP contribution in [0.4, 0.5) is 0 Å². The SMILES string of the molecule is C=CCn1cc(C2CCCN2)cn1. The topological polar surface area (TPSA) is 29.9 Å². The summed E-state index contributed by atoms with van der Waals surface area (Å²) >= 11 is 0. The Morgan fingerprint density at radius 1 is 1.77 bits per heavy atom. The van der Waals surface area contributed by atoms with E-state index in [4.69, 9.17) is 0 Å². The molecule has 0 saturated carbocycles. The van der Waals surface area contributed by atoms with Gasteiger partial charge in [0.1, 0.15) is 0 Å². The standard InChI is InChI=1S/C10H15N3/c1-2-6-13-8-9(7-12-13)10-4-3-5-11-10/h2,7-8,10-11H,1,3-6H2. The summed E-state index contributed by atoms with van der Waals surface area (Å²) in [5.41, 5.74) is 1.30. The smallest absolute Gasteiger partial charge is 0.0587 e. The van der Waals surface area contributed by atoms with E-state index >= 15 is 0 Å². The van der Waals surface area contributed by atoms with Crippen LogP contribution in [0.2, 0.25) is 0 Å². The van der Waals surface area contributed by atoms with Crippen LogP contribution in [0.3, 0.4) is 0 Å². The fourth-order valence-electron chi connectivity index (χ4n) is 1.76. The Balaban J connectivity index is 2.07. The summed E-state index contributed by atoms with van der Waals surface area (Å²) in [6, 6.07) is 0.526. The van der Waals surface area contributed by atoms with E-state index in [1.165, 1.54) is 18.4 Å². The van der Waals surface area contributed by atoms with Crippen LogP contribution in [0.25, 0.3) is 0 Å². The second kappa shape index (κ2) is 3.75. The van der Waals surface area contributed by atoms with E-state index in [1.807, 2.05) is 17.0 Å². The van der Waals surface area contributed by atoms with Gasteiger partial charge in [0.05, 0.1) is 12.7 Å². The predicted octanol–water partition coefficient (Wildman–Crippen LogP) is 1.49. The van der Waals surface area contributed by atoms with Crippen LogP contribution >= 0.6 is 0 Å². The van der Waals surface area contributed by atoms with E-state index in [0.29, 0.717) is 6.04 Å². The molecular formula is C10H15N3. The van der Waals surface area contributed by atoms with Gasteiger partial charge in [-0.3, -0.25) is 4.68 Å². The molecule has 2 rings (SSSR count). The molecule has 1 N–H and O–H groups in total. The van der Waals surface area contributed by atoms with Crippen LogP contribution < -0.4 is 5.32 Å². The van der Waals surface area contributed by atoms with Gasteiger partial charge in [-0.05, 0) is 19.4 Å². The fourth-order valence-corrected chi connectivity index (χ4v) is 1.76. The largest absolute Gasteiger partial charge is 0.310 e. The summed E-state index contributed by atoms with van der Waals surface area (Å²) < 4.78 is 1.92. The van der Waals surface area contributed by atoms with Gasteiger partial charge in [0.25, 0.3) is 0 Å². The molecule has 3 heteroatoms. The molecule has 3 nitrogen and oxygen atoms in total. The average molecular weight is 177 g/mol. The fraction of sp³-hybridized carbons (Fsp3) is 0.500. The van der Waals surface area contributed by atoms with Crippen molar-refractivity contribution in [1.82, 2.24) is 15.1 Å². The second-order valence-electron chi connectivity index (χ2n) is 3.43. The van der Waals surface area contributed by atoms with Crippen molar-refractivity contribution in [2.75, 3.05) is 6.54 Å². The molecule has 1 aromatic heterocycles. The molecule has 0 spiro atoms. The third-order valence-corrected chi connectivity index (χ3v) is 2.43. The Morgan fingerprint density at radius 2 is 2.69 bits per heavy atom. The molecule has 0 radical (unpaired) electrons. The van der Waals surface area contributed by atoms with Crippen molar-refractivity contribution in [1.29, 1.82) is 0 Å². The molecule has 70 valence electrons.